The van der Waals surface area contributed by atoms with E-state index in [0.717, 1.165) is 11.5 Å². The van der Waals surface area contributed by atoms with Crippen LogP contribution in [0.4, 0.5) is 5.69 Å². The second-order valence-electron chi connectivity index (χ2n) is 4.11. The molecule has 0 saturated heterocycles. The molecular weight excluding hydrogens is 242 g/mol. The molecule has 0 bridgehead atoms. The molecule has 2 rings (SSSR count). The molecule has 5 heteroatoms. The van der Waals surface area contributed by atoms with Crippen molar-refractivity contribution in [1.82, 2.24) is 9.55 Å². The maximum Gasteiger partial charge on any atom is 0.338 e. The molecule has 1 aromatic heterocycles. The first-order chi connectivity index (χ1) is 9.20. The Morgan fingerprint density at radius 3 is 2.68 bits per heavy atom. The van der Waals surface area contributed by atoms with E-state index >= 15 is 0 Å². The van der Waals surface area contributed by atoms with Gasteiger partial charge >= 0.3 is 5.97 Å². The van der Waals surface area contributed by atoms with Crippen LogP contribution in [0.1, 0.15) is 23.1 Å². The van der Waals surface area contributed by atoms with Crippen LogP contribution >= 0.6 is 0 Å². The molecule has 19 heavy (non-hydrogen) atoms. The summed E-state index contributed by atoms with van der Waals surface area (Å²) in [5.74, 6) is 0.660. The number of hydrogen-bond donors (Lipinski definition) is 1. The highest BCUT2D eigenvalue weighted by atomic mass is 16.5. The molecular formula is C14H17N3O2. The topological polar surface area (TPSA) is 56.1 Å². The molecule has 0 amide bonds. The van der Waals surface area contributed by atoms with Crippen LogP contribution in [-0.4, -0.2) is 22.1 Å². The monoisotopic (exact) mass is 259 g/mol. The first-order valence-electron chi connectivity index (χ1n) is 6.18. The summed E-state index contributed by atoms with van der Waals surface area (Å²) in [4.78, 5) is 15.7. The van der Waals surface area contributed by atoms with Crippen molar-refractivity contribution in [2.24, 2.45) is 7.05 Å². The molecule has 0 radical (unpaired) electrons. The van der Waals surface area contributed by atoms with E-state index in [1.807, 2.05) is 29.9 Å². The molecule has 100 valence electrons. The SMILES string of the molecule is CCOC(=O)c1ccc(NCc2nccn2C)cc1. The molecule has 0 atom stereocenters. The Kier molecular flexibility index (Phi) is 4.18. The van der Waals surface area contributed by atoms with Crippen LogP contribution in [0.15, 0.2) is 36.7 Å². The standard InChI is InChI=1S/C14H17N3O2/c1-3-19-14(18)11-4-6-12(7-5-11)16-10-13-15-8-9-17(13)2/h4-9,16H,3,10H2,1-2H3. The molecule has 1 heterocycles. The van der Waals surface area contributed by atoms with Crippen molar-refractivity contribution in [3.05, 3.63) is 48.0 Å². The molecule has 2 aromatic rings. The molecule has 1 aromatic carbocycles. The van der Waals surface area contributed by atoms with Crippen molar-refractivity contribution in [2.75, 3.05) is 11.9 Å². The van der Waals surface area contributed by atoms with Crippen molar-refractivity contribution in [2.45, 2.75) is 13.5 Å². The number of aromatic nitrogens is 2. The Hall–Kier alpha value is -2.30. The van der Waals surface area contributed by atoms with Crippen LogP contribution in [-0.2, 0) is 18.3 Å². The number of ether oxygens (including phenoxy) is 1. The van der Waals surface area contributed by atoms with Crippen molar-refractivity contribution >= 4 is 11.7 Å². The third kappa shape index (κ3) is 3.34. The number of carbonyl (C=O) groups excluding carboxylic acids is 1. The minimum atomic E-state index is -0.293. The maximum absolute atomic E-state index is 11.5. The first kappa shape index (κ1) is 13.1. The summed E-state index contributed by atoms with van der Waals surface area (Å²) in [7, 11) is 1.95. The Morgan fingerprint density at radius 2 is 2.11 bits per heavy atom. The lowest BCUT2D eigenvalue weighted by Gasteiger charge is -2.07. The Balaban J connectivity index is 1.95. The van der Waals surface area contributed by atoms with Gasteiger partial charge in [-0.25, -0.2) is 9.78 Å². The third-order valence-electron chi connectivity index (χ3n) is 2.77. The number of esters is 1. The van der Waals surface area contributed by atoms with E-state index in [1.165, 1.54) is 0 Å². The van der Waals surface area contributed by atoms with Crippen LogP contribution in [0.25, 0.3) is 0 Å². The number of carbonyl (C=O) groups is 1. The van der Waals surface area contributed by atoms with Gasteiger partial charge in [-0.05, 0) is 31.2 Å². The molecule has 0 spiro atoms. The third-order valence-corrected chi connectivity index (χ3v) is 2.77. The van der Waals surface area contributed by atoms with Gasteiger partial charge in [0.1, 0.15) is 5.82 Å². The van der Waals surface area contributed by atoms with Crippen LogP contribution < -0.4 is 5.32 Å². The van der Waals surface area contributed by atoms with Crippen LogP contribution in [0.5, 0.6) is 0 Å². The van der Waals surface area contributed by atoms with E-state index in [-0.39, 0.29) is 5.97 Å². The number of aryl methyl sites for hydroxylation is 1. The van der Waals surface area contributed by atoms with Gasteiger partial charge in [0.15, 0.2) is 0 Å². The number of benzene rings is 1. The van der Waals surface area contributed by atoms with Crippen LogP contribution in [0.3, 0.4) is 0 Å². The second kappa shape index (κ2) is 6.04. The van der Waals surface area contributed by atoms with Gasteiger partial charge in [0.2, 0.25) is 0 Å². The average Bonchev–Trinajstić information content (AvgIpc) is 2.83. The zero-order valence-corrected chi connectivity index (χ0v) is 11.1. The van der Waals surface area contributed by atoms with E-state index in [9.17, 15) is 4.79 Å². The molecule has 0 aliphatic carbocycles. The van der Waals surface area contributed by atoms with Gasteiger partial charge in [0.05, 0.1) is 18.7 Å². The fourth-order valence-corrected chi connectivity index (χ4v) is 1.69. The van der Waals surface area contributed by atoms with E-state index in [0.29, 0.717) is 18.7 Å². The average molecular weight is 259 g/mol. The predicted octanol–water partition coefficient (Wildman–Crippen LogP) is 2.21. The largest absolute Gasteiger partial charge is 0.462 e. The fourth-order valence-electron chi connectivity index (χ4n) is 1.69. The maximum atomic E-state index is 11.5. The van der Waals surface area contributed by atoms with Crippen molar-refractivity contribution < 1.29 is 9.53 Å². The van der Waals surface area contributed by atoms with Crippen molar-refractivity contribution in [3.8, 4) is 0 Å². The summed E-state index contributed by atoms with van der Waals surface area (Å²) < 4.78 is 6.89. The number of imidazole rings is 1. The highest BCUT2D eigenvalue weighted by molar-refractivity contribution is 5.89. The Labute approximate surface area is 112 Å². The smallest absolute Gasteiger partial charge is 0.338 e. The predicted molar refractivity (Wildman–Crippen MR) is 72.9 cm³/mol. The van der Waals surface area contributed by atoms with Gasteiger partial charge in [0, 0.05) is 25.1 Å². The number of hydrogen-bond acceptors (Lipinski definition) is 4. The molecule has 0 fully saturated rings. The first-order valence-corrected chi connectivity index (χ1v) is 6.18. The number of nitrogens with one attached hydrogen (secondary N) is 1. The molecule has 0 saturated carbocycles. The lowest BCUT2D eigenvalue weighted by atomic mass is 10.2. The van der Waals surface area contributed by atoms with Gasteiger partial charge < -0.3 is 14.6 Å². The summed E-state index contributed by atoms with van der Waals surface area (Å²) in [6, 6.07) is 7.21. The number of nitrogens with zero attached hydrogens (tertiary/aromatic N) is 2. The van der Waals surface area contributed by atoms with Gasteiger partial charge in [-0.3, -0.25) is 0 Å². The van der Waals surface area contributed by atoms with E-state index in [4.69, 9.17) is 4.74 Å². The Bertz CT molecular complexity index is 546. The summed E-state index contributed by atoms with van der Waals surface area (Å²) in [6.07, 6.45) is 3.67. The summed E-state index contributed by atoms with van der Waals surface area (Å²) in [5, 5.41) is 3.25. The quantitative estimate of drug-likeness (QED) is 0.836. The van der Waals surface area contributed by atoms with E-state index < -0.39 is 0 Å². The zero-order valence-electron chi connectivity index (χ0n) is 11.1. The molecule has 0 aliphatic rings. The summed E-state index contributed by atoms with van der Waals surface area (Å²) in [6.45, 7) is 2.82. The number of anilines is 1. The van der Waals surface area contributed by atoms with Crippen LogP contribution in [0.2, 0.25) is 0 Å². The van der Waals surface area contributed by atoms with Crippen molar-refractivity contribution in [3.63, 3.8) is 0 Å². The molecule has 5 nitrogen and oxygen atoms in total. The minimum absolute atomic E-state index is 0.293. The highest BCUT2D eigenvalue weighted by Crippen LogP contribution is 2.11. The van der Waals surface area contributed by atoms with E-state index in [1.54, 1.807) is 25.3 Å². The van der Waals surface area contributed by atoms with Gasteiger partial charge in [-0.2, -0.15) is 0 Å². The summed E-state index contributed by atoms with van der Waals surface area (Å²) in [5.41, 5.74) is 1.50. The highest BCUT2D eigenvalue weighted by Gasteiger charge is 2.05. The van der Waals surface area contributed by atoms with Gasteiger partial charge in [-0.15, -0.1) is 0 Å². The lowest BCUT2D eigenvalue weighted by molar-refractivity contribution is 0.0526. The lowest BCUT2D eigenvalue weighted by Crippen LogP contribution is -2.07. The van der Waals surface area contributed by atoms with Gasteiger partial charge in [0.25, 0.3) is 0 Å². The van der Waals surface area contributed by atoms with E-state index in [2.05, 4.69) is 10.3 Å². The second-order valence-corrected chi connectivity index (χ2v) is 4.11. The van der Waals surface area contributed by atoms with Crippen molar-refractivity contribution in [1.29, 1.82) is 0 Å². The molecule has 0 unspecified atom stereocenters. The summed E-state index contributed by atoms with van der Waals surface area (Å²) >= 11 is 0. The molecule has 0 aliphatic heterocycles. The zero-order chi connectivity index (χ0) is 13.7. The minimum Gasteiger partial charge on any atom is -0.462 e. The normalized spacial score (nSPS) is 10.2. The fraction of sp³-hybridized carbons (Fsp3) is 0.286. The number of rotatable bonds is 5. The van der Waals surface area contributed by atoms with Gasteiger partial charge in [-0.1, -0.05) is 0 Å². The van der Waals surface area contributed by atoms with Crippen LogP contribution in [0, 0.1) is 0 Å². The Morgan fingerprint density at radius 1 is 1.37 bits per heavy atom. The molecule has 1 N–H and O–H groups in total.